The summed E-state index contributed by atoms with van der Waals surface area (Å²) in [6.45, 7) is 8.85. The second kappa shape index (κ2) is 7.69. The molecule has 0 saturated carbocycles. The fourth-order valence-electron chi connectivity index (χ4n) is 3.10. The van der Waals surface area contributed by atoms with E-state index >= 15 is 0 Å². The summed E-state index contributed by atoms with van der Waals surface area (Å²) in [5.41, 5.74) is 0.935. The highest BCUT2D eigenvalue weighted by Crippen LogP contribution is 2.29. The Labute approximate surface area is 148 Å². The van der Waals surface area contributed by atoms with E-state index in [9.17, 15) is 4.79 Å². The fourth-order valence-corrected chi connectivity index (χ4v) is 3.36. The smallest absolute Gasteiger partial charge is 0.410 e. The molecule has 4 heteroatoms. The van der Waals surface area contributed by atoms with E-state index in [1.807, 2.05) is 25.7 Å². The van der Waals surface area contributed by atoms with E-state index in [1.54, 1.807) is 0 Å². The van der Waals surface area contributed by atoms with Crippen molar-refractivity contribution < 1.29 is 9.53 Å². The molecule has 1 unspecified atom stereocenters. The predicted octanol–water partition coefficient (Wildman–Crippen LogP) is 5.73. The lowest BCUT2D eigenvalue weighted by Gasteiger charge is -2.29. The molecule has 0 aliphatic carbocycles. The average molecular weight is 382 g/mol. The molecule has 2 atom stereocenters. The number of amides is 1. The van der Waals surface area contributed by atoms with Crippen LogP contribution in [0.4, 0.5) is 4.79 Å². The van der Waals surface area contributed by atoms with Crippen molar-refractivity contribution in [2.75, 3.05) is 6.54 Å². The number of carbonyl (C=O) groups is 1. The van der Waals surface area contributed by atoms with Crippen LogP contribution in [-0.4, -0.2) is 29.2 Å². The molecule has 3 nitrogen and oxygen atoms in total. The van der Waals surface area contributed by atoms with Gasteiger partial charge in [-0.05, 0) is 70.1 Å². The summed E-state index contributed by atoms with van der Waals surface area (Å²) in [5.74, 6) is 0.504. The quantitative estimate of drug-likeness (QED) is 0.665. The first-order chi connectivity index (χ1) is 10.8. The number of likely N-dealkylation sites (tertiary alicyclic amines) is 1. The standard InChI is InChI=1S/C19H28BrNO2/c1-14(15-8-10-16(20)11-9-15)7-12-17-6-5-13-21(17)18(22)23-19(2,3)4/h8-11,14,17H,5-7,12-13H2,1-4H3/t14?,17-/m0/s1. The van der Waals surface area contributed by atoms with Gasteiger partial charge in [0.15, 0.2) is 0 Å². The normalized spacial score (nSPS) is 19.7. The Morgan fingerprint density at radius 2 is 2.00 bits per heavy atom. The zero-order chi connectivity index (χ0) is 17.0. The lowest BCUT2D eigenvalue weighted by Crippen LogP contribution is -2.39. The number of carbonyl (C=O) groups excluding carboxylic acids is 1. The van der Waals surface area contributed by atoms with Crippen molar-refractivity contribution in [2.45, 2.75) is 70.9 Å². The zero-order valence-corrected chi connectivity index (χ0v) is 16.2. The Balaban J connectivity index is 1.88. The molecule has 1 aromatic rings. The van der Waals surface area contributed by atoms with Gasteiger partial charge in [0, 0.05) is 17.1 Å². The first-order valence-corrected chi connectivity index (χ1v) is 9.30. The van der Waals surface area contributed by atoms with E-state index in [0.717, 1.165) is 36.7 Å². The second-order valence-electron chi connectivity index (χ2n) is 7.50. The molecule has 1 amide bonds. The van der Waals surface area contributed by atoms with Crippen molar-refractivity contribution in [3.63, 3.8) is 0 Å². The van der Waals surface area contributed by atoms with Crippen molar-refractivity contribution in [2.24, 2.45) is 0 Å². The third-order valence-corrected chi connectivity index (χ3v) is 4.91. The number of hydrogen-bond donors (Lipinski definition) is 0. The van der Waals surface area contributed by atoms with Crippen molar-refractivity contribution in [3.05, 3.63) is 34.3 Å². The van der Waals surface area contributed by atoms with E-state index in [0.29, 0.717) is 12.0 Å². The van der Waals surface area contributed by atoms with E-state index in [1.165, 1.54) is 5.56 Å². The molecular formula is C19H28BrNO2. The summed E-state index contributed by atoms with van der Waals surface area (Å²) in [6.07, 6.45) is 4.14. The van der Waals surface area contributed by atoms with Gasteiger partial charge in [0.05, 0.1) is 0 Å². The minimum Gasteiger partial charge on any atom is -0.444 e. The van der Waals surface area contributed by atoms with Crippen LogP contribution in [0.2, 0.25) is 0 Å². The molecule has 0 aromatic heterocycles. The molecule has 1 heterocycles. The van der Waals surface area contributed by atoms with Crippen LogP contribution in [0, 0.1) is 0 Å². The van der Waals surface area contributed by atoms with Crippen LogP contribution in [0.3, 0.4) is 0 Å². The average Bonchev–Trinajstić information content (AvgIpc) is 2.92. The van der Waals surface area contributed by atoms with E-state index in [4.69, 9.17) is 4.74 Å². The minimum atomic E-state index is -0.422. The second-order valence-corrected chi connectivity index (χ2v) is 8.42. The number of hydrogen-bond acceptors (Lipinski definition) is 2. The molecule has 128 valence electrons. The lowest BCUT2D eigenvalue weighted by molar-refractivity contribution is 0.0218. The van der Waals surface area contributed by atoms with Crippen LogP contribution >= 0.6 is 15.9 Å². The van der Waals surface area contributed by atoms with Crippen LogP contribution in [0.25, 0.3) is 0 Å². The molecule has 2 rings (SSSR count). The van der Waals surface area contributed by atoms with Gasteiger partial charge >= 0.3 is 6.09 Å². The maximum Gasteiger partial charge on any atom is 0.410 e. The number of nitrogens with zero attached hydrogens (tertiary/aromatic N) is 1. The Bertz CT molecular complexity index is 521. The molecular weight excluding hydrogens is 354 g/mol. The maximum atomic E-state index is 12.3. The van der Waals surface area contributed by atoms with E-state index in [2.05, 4.69) is 47.1 Å². The summed E-state index contributed by atoms with van der Waals surface area (Å²) >= 11 is 3.48. The SMILES string of the molecule is CC(CC[C@@H]1CCCN1C(=O)OC(C)(C)C)c1ccc(Br)cc1. The lowest BCUT2D eigenvalue weighted by atomic mass is 9.93. The highest BCUT2D eigenvalue weighted by molar-refractivity contribution is 9.10. The Hall–Kier alpha value is -1.03. The highest BCUT2D eigenvalue weighted by Gasteiger charge is 2.32. The van der Waals surface area contributed by atoms with Gasteiger partial charge in [-0.2, -0.15) is 0 Å². The number of benzene rings is 1. The monoisotopic (exact) mass is 381 g/mol. The third kappa shape index (κ3) is 5.52. The van der Waals surface area contributed by atoms with Crippen LogP contribution < -0.4 is 0 Å². The molecule has 1 aliphatic rings. The molecule has 0 radical (unpaired) electrons. The molecule has 1 fully saturated rings. The number of rotatable bonds is 4. The molecule has 0 spiro atoms. The van der Waals surface area contributed by atoms with Gasteiger partial charge in [-0.3, -0.25) is 0 Å². The number of halogens is 1. The van der Waals surface area contributed by atoms with E-state index < -0.39 is 5.60 Å². The van der Waals surface area contributed by atoms with Gasteiger partial charge in [0.1, 0.15) is 5.60 Å². The molecule has 23 heavy (non-hydrogen) atoms. The van der Waals surface area contributed by atoms with Crippen LogP contribution in [0.5, 0.6) is 0 Å². The van der Waals surface area contributed by atoms with E-state index in [-0.39, 0.29) is 6.09 Å². The Kier molecular flexibility index (Phi) is 6.12. The molecule has 0 N–H and O–H groups in total. The van der Waals surface area contributed by atoms with Gasteiger partial charge in [-0.15, -0.1) is 0 Å². The Morgan fingerprint density at radius 1 is 1.35 bits per heavy atom. The third-order valence-electron chi connectivity index (χ3n) is 4.38. The molecule has 1 aliphatic heterocycles. The first kappa shape index (κ1) is 18.3. The maximum absolute atomic E-state index is 12.3. The highest BCUT2D eigenvalue weighted by atomic mass is 79.9. The van der Waals surface area contributed by atoms with Gasteiger partial charge in [0.25, 0.3) is 0 Å². The van der Waals surface area contributed by atoms with Crippen molar-refractivity contribution in [1.29, 1.82) is 0 Å². The fraction of sp³-hybridized carbons (Fsp3) is 0.632. The van der Waals surface area contributed by atoms with Gasteiger partial charge in [-0.25, -0.2) is 4.79 Å². The summed E-state index contributed by atoms with van der Waals surface area (Å²) in [5, 5.41) is 0. The van der Waals surface area contributed by atoms with Crippen LogP contribution in [0.15, 0.2) is 28.7 Å². The minimum absolute atomic E-state index is 0.156. The molecule has 1 saturated heterocycles. The number of ether oxygens (including phenoxy) is 1. The first-order valence-electron chi connectivity index (χ1n) is 8.51. The largest absolute Gasteiger partial charge is 0.444 e. The topological polar surface area (TPSA) is 29.5 Å². The van der Waals surface area contributed by atoms with Gasteiger partial charge < -0.3 is 9.64 Å². The summed E-state index contributed by atoms with van der Waals surface area (Å²) < 4.78 is 6.65. The Morgan fingerprint density at radius 3 is 2.61 bits per heavy atom. The van der Waals surface area contributed by atoms with Crippen molar-refractivity contribution in [3.8, 4) is 0 Å². The molecule has 0 bridgehead atoms. The zero-order valence-electron chi connectivity index (χ0n) is 14.6. The van der Waals surface area contributed by atoms with Gasteiger partial charge in [-0.1, -0.05) is 35.0 Å². The predicted molar refractivity (Wildman–Crippen MR) is 97.8 cm³/mol. The van der Waals surface area contributed by atoms with Crippen LogP contribution in [-0.2, 0) is 4.74 Å². The summed E-state index contributed by atoms with van der Waals surface area (Å²) in [4.78, 5) is 14.3. The van der Waals surface area contributed by atoms with Gasteiger partial charge in [0.2, 0.25) is 0 Å². The van der Waals surface area contributed by atoms with Crippen LogP contribution in [0.1, 0.15) is 64.9 Å². The van der Waals surface area contributed by atoms with Crippen molar-refractivity contribution >= 4 is 22.0 Å². The summed E-state index contributed by atoms with van der Waals surface area (Å²) in [7, 11) is 0. The summed E-state index contributed by atoms with van der Waals surface area (Å²) in [6, 6.07) is 8.86. The van der Waals surface area contributed by atoms with Crippen molar-refractivity contribution in [1.82, 2.24) is 4.90 Å². The molecule has 1 aromatic carbocycles.